The zero-order chi connectivity index (χ0) is 25.6. The number of urea groups is 1. The number of amides is 2. The molecule has 0 saturated heterocycles. The molecule has 1 saturated carbocycles. The Morgan fingerprint density at radius 1 is 1.08 bits per heavy atom. The second kappa shape index (κ2) is 14.9. The van der Waals surface area contributed by atoms with Gasteiger partial charge in [-0.25, -0.2) is 27.4 Å². The van der Waals surface area contributed by atoms with Crippen molar-refractivity contribution in [1.29, 1.82) is 0 Å². The fourth-order valence-corrected chi connectivity index (χ4v) is 5.23. The molecule has 1 atom stereocenters. The minimum atomic E-state index is -3.58. The molecule has 1 aliphatic rings. The molecule has 1 unspecified atom stereocenters. The first-order valence-corrected chi connectivity index (χ1v) is 14.2. The second-order valence-electron chi connectivity index (χ2n) is 9.08. The second-order valence-corrected chi connectivity index (χ2v) is 10.8. The lowest BCUT2D eigenvalue weighted by atomic mass is 9.98. The lowest BCUT2D eigenvalue weighted by Gasteiger charge is -2.29. The van der Waals surface area contributed by atoms with E-state index in [-0.39, 0.29) is 43.0 Å². The maximum atomic E-state index is 14.5. The minimum Gasteiger partial charge on any atom is -0.332 e. The monoisotopic (exact) mass is 520 g/mol. The number of aromatic nitrogens is 1. The summed E-state index contributed by atoms with van der Waals surface area (Å²) in [5, 5.41) is 4.20. The first kappa shape index (κ1) is 28.0. The largest absolute Gasteiger partial charge is 0.341 e. The molecule has 0 radical (unpaired) electrons. The summed E-state index contributed by atoms with van der Waals surface area (Å²) < 4.78 is 41.5. The number of nitrogens with zero attached hydrogens (tertiary/aromatic N) is 2. The lowest BCUT2D eigenvalue weighted by molar-refractivity contribution is -0.169. The predicted octanol–water partition coefficient (Wildman–Crippen LogP) is 4.73. The van der Waals surface area contributed by atoms with Crippen molar-refractivity contribution >= 4 is 16.1 Å². The highest BCUT2D eigenvalue weighted by molar-refractivity contribution is 7.89. The molecule has 8 nitrogen and oxygen atoms in total. The molecule has 1 aliphatic carbocycles. The lowest BCUT2D eigenvalue weighted by Crippen LogP contribution is -2.43. The number of nitrogens with one attached hydrogen (secondary N) is 2. The molecule has 1 aromatic carbocycles. The number of carbonyl (C=O) groups is 1. The van der Waals surface area contributed by atoms with Gasteiger partial charge in [-0.2, -0.15) is 0 Å². The summed E-state index contributed by atoms with van der Waals surface area (Å²) in [4.78, 5) is 23.1. The number of sulfonamides is 1. The Morgan fingerprint density at radius 3 is 2.56 bits per heavy atom. The van der Waals surface area contributed by atoms with Gasteiger partial charge in [-0.05, 0) is 62.3 Å². The topological polar surface area (TPSA) is 101 Å². The van der Waals surface area contributed by atoms with Crippen LogP contribution in [-0.2, 0) is 21.4 Å². The standard InChI is InChI=1S/C26H37FN4O4S/c27-23(11-8-18-30-36(33,34)25-15-5-2-6-16-25)12-9-19-31(35-24-13-3-1-4-14-24)26(32)29-21-22-10-7-17-28-20-22/h2,5-7,10,15-17,20,23-24,30H,1,3-4,8-9,11-14,18-19,21H2,(H,29,32). The summed E-state index contributed by atoms with van der Waals surface area (Å²) in [5.41, 5.74) is 0.884. The van der Waals surface area contributed by atoms with E-state index in [9.17, 15) is 17.6 Å². The summed E-state index contributed by atoms with van der Waals surface area (Å²) in [6, 6.07) is 11.5. The molecule has 198 valence electrons. The molecule has 3 rings (SSSR count). The average Bonchev–Trinajstić information content (AvgIpc) is 2.91. The van der Waals surface area contributed by atoms with Crippen molar-refractivity contribution in [3.8, 4) is 0 Å². The molecule has 2 N–H and O–H groups in total. The number of carbonyl (C=O) groups excluding carboxylic acids is 1. The fraction of sp³-hybridized carbons (Fsp3) is 0.538. The Hall–Kier alpha value is -2.56. The maximum absolute atomic E-state index is 14.5. The van der Waals surface area contributed by atoms with E-state index >= 15 is 0 Å². The van der Waals surface area contributed by atoms with Crippen molar-refractivity contribution in [2.45, 2.75) is 81.5 Å². The molecular weight excluding hydrogens is 483 g/mol. The van der Waals surface area contributed by atoms with Crippen LogP contribution in [0.25, 0.3) is 0 Å². The van der Waals surface area contributed by atoms with E-state index in [2.05, 4.69) is 15.0 Å². The van der Waals surface area contributed by atoms with Crippen molar-refractivity contribution in [1.82, 2.24) is 20.1 Å². The van der Waals surface area contributed by atoms with Crippen LogP contribution < -0.4 is 10.0 Å². The van der Waals surface area contributed by atoms with Gasteiger partial charge < -0.3 is 5.32 Å². The Labute approximate surface area is 213 Å². The number of hydrogen-bond acceptors (Lipinski definition) is 5. The molecule has 1 aromatic heterocycles. The van der Waals surface area contributed by atoms with Crippen molar-refractivity contribution < 1.29 is 22.4 Å². The minimum absolute atomic E-state index is 0.00158. The quantitative estimate of drug-likeness (QED) is 0.277. The zero-order valence-corrected chi connectivity index (χ0v) is 21.5. The third kappa shape index (κ3) is 9.83. The van der Waals surface area contributed by atoms with Gasteiger partial charge in [0.2, 0.25) is 10.0 Å². The molecule has 1 heterocycles. The van der Waals surface area contributed by atoms with Gasteiger partial charge in [-0.1, -0.05) is 43.5 Å². The van der Waals surface area contributed by atoms with Gasteiger partial charge in [0.05, 0.1) is 17.5 Å². The van der Waals surface area contributed by atoms with E-state index in [0.29, 0.717) is 19.4 Å². The molecule has 1 fully saturated rings. The van der Waals surface area contributed by atoms with Gasteiger partial charge in [0.25, 0.3) is 0 Å². The zero-order valence-electron chi connectivity index (χ0n) is 20.6. The highest BCUT2D eigenvalue weighted by Crippen LogP contribution is 2.22. The van der Waals surface area contributed by atoms with Gasteiger partial charge in [-0.15, -0.1) is 0 Å². The van der Waals surface area contributed by atoms with E-state index in [1.807, 2.05) is 12.1 Å². The van der Waals surface area contributed by atoms with Crippen LogP contribution in [0.15, 0.2) is 59.8 Å². The fourth-order valence-electron chi connectivity index (χ4n) is 4.13. The van der Waals surface area contributed by atoms with Crippen LogP contribution in [0, 0.1) is 0 Å². The normalized spacial score (nSPS) is 15.4. The molecular formula is C26H37FN4O4S. The average molecular weight is 521 g/mol. The van der Waals surface area contributed by atoms with E-state index < -0.39 is 16.2 Å². The number of alkyl halides is 1. The van der Waals surface area contributed by atoms with Gasteiger partial charge in [0, 0.05) is 25.5 Å². The SMILES string of the molecule is O=C(NCc1cccnc1)N(CCCC(F)CCCNS(=O)(=O)c1ccccc1)OC1CCCCC1. The van der Waals surface area contributed by atoms with Crippen molar-refractivity contribution in [3.63, 3.8) is 0 Å². The highest BCUT2D eigenvalue weighted by Gasteiger charge is 2.22. The predicted molar refractivity (Wildman–Crippen MR) is 136 cm³/mol. The van der Waals surface area contributed by atoms with Crippen LogP contribution >= 0.6 is 0 Å². The third-order valence-corrected chi connectivity index (χ3v) is 7.62. The van der Waals surface area contributed by atoms with Crippen LogP contribution in [0.4, 0.5) is 9.18 Å². The van der Waals surface area contributed by atoms with Crippen LogP contribution in [0.1, 0.15) is 63.4 Å². The summed E-state index contributed by atoms with van der Waals surface area (Å²) in [6.07, 6.45) is 8.81. The summed E-state index contributed by atoms with van der Waals surface area (Å²) >= 11 is 0. The number of benzene rings is 1. The van der Waals surface area contributed by atoms with E-state index in [1.165, 1.54) is 23.6 Å². The summed E-state index contributed by atoms with van der Waals surface area (Å²) in [6.45, 7) is 0.795. The first-order chi connectivity index (χ1) is 17.4. The Balaban J connectivity index is 1.39. The van der Waals surface area contributed by atoms with E-state index in [1.54, 1.807) is 30.6 Å². The van der Waals surface area contributed by atoms with Crippen LogP contribution in [-0.4, -0.2) is 49.9 Å². The van der Waals surface area contributed by atoms with Crippen LogP contribution in [0.5, 0.6) is 0 Å². The Bertz CT molecular complexity index is 1010. The van der Waals surface area contributed by atoms with Crippen molar-refractivity contribution in [2.75, 3.05) is 13.1 Å². The Kier molecular flexibility index (Phi) is 11.6. The first-order valence-electron chi connectivity index (χ1n) is 12.7. The maximum Gasteiger partial charge on any atom is 0.341 e. The Morgan fingerprint density at radius 2 is 1.83 bits per heavy atom. The number of hydrogen-bond donors (Lipinski definition) is 2. The number of hydroxylamine groups is 2. The molecule has 2 amide bonds. The highest BCUT2D eigenvalue weighted by atomic mass is 32.2. The molecule has 0 bridgehead atoms. The van der Waals surface area contributed by atoms with Gasteiger partial charge in [0.15, 0.2) is 0 Å². The smallest absolute Gasteiger partial charge is 0.332 e. The van der Waals surface area contributed by atoms with Gasteiger partial charge >= 0.3 is 6.03 Å². The van der Waals surface area contributed by atoms with Crippen LogP contribution in [0.3, 0.4) is 0 Å². The van der Waals surface area contributed by atoms with Crippen molar-refractivity contribution in [3.05, 3.63) is 60.4 Å². The summed E-state index contributed by atoms with van der Waals surface area (Å²) in [5.74, 6) is 0. The molecule has 0 spiro atoms. The number of pyridine rings is 1. The van der Waals surface area contributed by atoms with Crippen LogP contribution in [0.2, 0.25) is 0 Å². The van der Waals surface area contributed by atoms with Gasteiger partial charge in [-0.3, -0.25) is 9.82 Å². The van der Waals surface area contributed by atoms with E-state index in [0.717, 1.165) is 31.2 Å². The number of halogens is 1. The molecule has 10 heteroatoms. The van der Waals surface area contributed by atoms with Gasteiger partial charge in [0.1, 0.15) is 6.17 Å². The third-order valence-electron chi connectivity index (χ3n) is 6.14. The van der Waals surface area contributed by atoms with Crippen molar-refractivity contribution in [2.24, 2.45) is 0 Å². The van der Waals surface area contributed by atoms with E-state index in [4.69, 9.17) is 4.84 Å². The summed E-state index contributed by atoms with van der Waals surface area (Å²) in [7, 11) is -3.58. The molecule has 2 aromatic rings. The number of rotatable bonds is 14. The molecule has 0 aliphatic heterocycles. The molecule has 36 heavy (non-hydrogen) atoms.